The van der Waals surface area contributed by atoms with Gasteiger partial charge in [-0.25, -0.2) is 0 Å². The molecule has 1 aliphatic rings. The predicted molar refractivity (Wildman–Crippen MR) is 112 cm³/mol. The molecular formula is C22H25ClN4O. The molecule has 5 nitrogen and oxygen atoms in total. The lowest BCUT2D eigenvalue weighted by atomic mass is 10.1. The second-order valence-corrected chi connectivity index (χ2v) is 8.14. The van der Waals surface area contributed by atoms with Gasteiger partial charge in [-0.1, -0.05) is 42.7 Å². The molecule has 6 heteroatoms. The average molecular weight is 397 g/mol. The number of halogens is 1. The highest BCUT2D eigenvalue weighted by molar-refractivity contribution is 6.30. The summed E-state index contributed by atoms with van der Waals surface area (Å²) in [6.07, 6.45) is 0. The Hall–Kier alpha value is -2.37. The van der Waals surface area contributed by atoms with E-state index in [9.17, 15) is 0 Å². The number of nitrogens with zero attached hydrogens (tertiary/aromatic N) is 3. The molecule has 1 atom stereocenters. The smallest absolute Gasteiger partial charge is 0.246 e. The van der Waals surface area contributed by atoms with Crippen molar-refractivity contribution in [1.82, 2.24) is 15.0 Å². The molecule has 1 aromatic heterocycles. The summed E-state index contributed by atoms with van der Waals surface area (Å²) in [6.45, 7) is 9.33. The Morgan fingerprint density at radius 3 is 2.64 bits per heavy atom. The number of aromatic nitrogens is 2. The van der Waals surface area contributed by atoms with Crippen LogP contribution in [0.4, 0.5) is 5.69 Å². The molecule has 1 unspecified atom stereocenters. The van der Waals surface area contributed by atoms with Gasteiger partial charge in [0.2, 0.25) is 11.7 Å². The number of hydrogen-bond donors (Lipinski definition) is 1. The van der Waals surface area contributed by atoms with E-state index in [1.54, 1.807) is 0 Å². The van der Waals surface area contributed by atoms with Gasteiger partial charge in [0, 0.05) is 35.4 Å². The molecule has 0 fully saturated rings. The maximum absolute atomic E-state index is 5.94. The van der Waals surface area contributed by atoms with Crippen molar-refractivity contribution in [2.24, 2.45) is 5.92 Å². The molecular weight excluding hydrogens is 372 g/mol. The highest BCUT2D eigenvalue weighted by atomic mass is 35.5. The first kappa shape index (κ1) is 19.0. The topological polar surface area (TPSA) is 54.2 Å². The van der Waals surface area contributed by atoms with E-state index >= 15 is 0 Å². The van der Waals surface area contributed by atoms with E-state index in [0.29, 0.717) is 35.2 Å². The number of benzene rings is 2. The van der Waals surface area contributed by atoms with Gasteiger partial charge in [0.05, 0.1) is 6.54 Å². The third-order valence-corrected chi connectivity index (χ3v) is 5.80. The maximum atomic E-state index is 5.94. The molecule has 0 saturated heterocycles. The van der Waals surface area contributed by atoms with Crippen molar-refractivity contribution in [2.45, 2.75) is 46.4 Å². The first-order chi connectivity index (χ1) is 13.5. The van der Waals surface area contributed by atoms with Gasteiger partial charge in [-0.2, -0.15) is 4.98 Å². The van der Waals surface area contributed by atoms with E-state index in [0.717, 1.165) is 24.3 Å². The van der Waals surface area contributed by atoms with E-state index < -0.39 is 0 Å². The quantitative estimate of drug-likeness (QED) is 0.607. The Balaban J connectivity index is 1.45. The van der Waals surface area contributed by atoms with E-state index in [2.05, 4.69) is 59.3 Å². The number of anilines is 1. The van der Waals surface area contributed by atoms with Gasteiger partial charge < -0.3 is 9.84 Å². The number of rotatable bonds is 6. The molecule has 2 aromatic carbocycles. The van der Waals surface area contributed by atoms with Crippen molar-refractivity contribution in [2.75, 3.05) is 5.32 Å². The number of nitrogens with one attached hydrogen (secondary N) is 1. The lowest BCUT2D eigenvalue weighted by molar-refractivity contribution is 0.170. The van der Waals surface area contributed by atoms with Crippen molar-refractivity contribution in [3.05, 3.63) is 64.5 Å². The molecule has 1 aliphatic heterocycles. The minimum absolute atomic E-state index is 0.497. The van der Waals surface area contributed by atoms with Crippen LogP contribution in [0.15, 0.2) is 47.0 Å². The number of fused-ring (bicyclic) bond motifs is 1. The molecule has 0 aliphatic carbocycles. The van der Waals surface area contributed by atoms with Crippen molar-refractivity contribution >= 4 is 17.3 Å². The normalized spacial score (nSPS) is 15.0. The van der Waals surface area contributed by atoms with Crippen LogP contribution in [0, 0.1) is 5.92 Å². The summed E-state index contributed by atoms with van der Waals surface area (Å²) in [5.74, 6) is 1.77. The largest absolute Gasteiger partial charge is 0.376 e. The van der Waals surface area contributed by atoms with Gasteiger partial charge >= 0.3 is 0 Å². The predicted octanol–water partition coefficient (Wildman–Crippen LogP) is 5.36. The Kier molecular flexibility index (Phi) is 5.38. The van der Waals surface area contributed by atoms with Crippen LogP contribution in [0.3, 0.4) is 0 Å². The molecule has 3 aromatic rings. The fraction of sp³-hybridized carbons (Fsp3) is 0.364. The van der Waals surface area contributed by atoms with Crippen LogP contribution in [0.5, 0.6) is 0 Å². The molecule has 0 saturated carbocycles. The molecule has 28 heavy (non-hydrogen) atoms. The summed E-state index contributed by atoms with van der Waals surface area (Å²) >= 11 is 5.94. The highest BCUT2D eigenvalue weighted by Crippen LogP contribution is 2.32. The molecule has 146 valence electrons. The molecule has 4 rings (SSSR count). The number of hydrogen-bond acceptors (Lipinski definition) is 5. The van der Waals surface area contributed by atoms with E-state index in [1.165, 1.54) is 11.1 Å². The third kappa shape index (κ3) is 3.91. The van der Waals surface area contributed by atoms with E-state index in [4.69, 9.17) is 16.1 Å². The van der Waals surface area contributed by atoms with Gasteiger partial charge in [-0.3, -0.25) is 4.90 Å². The summed E-state index contributed by atoms with van der Waals surface area (Å²) in [5, 5.41) is 8.25. The summed E-state index contributed by atoms with van der Waals surface area (Å²) in [5.41, 5.74) is 4.79. The first-order valence-electron chi connectivity index (χ1n) is 9.68. The minimum Gasteiger partial charge on any atom is -0.376 e. The summed E-state index contributed by atoms with van der Waals surface area (Å²) in [4.78, 5) is 7.02. The van der Waals surface area contributed by atoms with Crippen molar-refractivity contribution in [3.8, 4) is 11.4 Å². The van der Waals surface area contributed by atoms with Crippen LogP contribution in [-0.2, 0) is 19.6 Å². The fourth-order valence-electron chi connectivity index (χ4n) is 3.54. The van der Waals surface area contributed by atoms with Gasteiger partial charge in [0.1, 0.15) is 0 Å². The van der Waals surface area contributed by atoms with Crippen LogP contribution in [0.1, 0.15) is 37.8 Å². The van der Waals surface area contributed by atoms with Crippen LogP contribution in [-0.4, -0.2) is 21.1 Å². The van der Waals surface area contributed by atoms with Crippen molar-refractivity contribution in [3.63, 3.8) is 0 Å². The Labute approximate surface area is 170 Å². The van der Waals surface area contributed by atoms with Crippen LogP contribution < -0.4 is 5.32 Å². The zero-order valence-electron chi connectivity index (χ0n) is 16.4. The Bertz CT molecular complexity index is 951. The third-order valence-electron chi connectivity index (χ3n) is 5.55. The van der Waals surface area contributed by atoms with Gasteiger partial charge in [-0.05, 0) is 54.3 Å². The Morgan fingerprint density at radius 2 is 1.89 bits per heavy atom. The highest BCUT2D eigenvalue weighted by Gasteiger charge is 2.26. The summed E-state index contributed by atoms with van der Waals surface area (Å²) < 4.78 is 5.41. The lowest BCUT2D eigenvalue weighted by Crippen LogP contribution is -2.32. The second-order valence-electron chi connectivity index (χ2n) is 7.71. The standard InChI is InChI=1S/C22H25ClN4O/c1-14(2)15(3)27-12-17-5-4-6-20(19(17)13-27)24-11-21-25-22(26-28-21)16-7-9-18(23)10-8-16/h4-10,14-15,24H,11-13H2,1-3H3. The van der Waals surface area contributed by atoms with Crippen molar-refractivity contribution in [1.29, 1.82) is 0 Å². The zero-order valence-corrected chi connectivity index (χ0v) is 17.2. The van der Waals surface area contributed by atoms with E-state index in [-0.39, 0.29) is 0 Å². The summed E-state index contributed by atoms with van der Waals surface area (Å²) in [6, 6.07) is 14.4. The van der Waals surface area contributed by atoms with Crippen LogP contribution >= 0.6 is 11.6 Å². The van der Waals surface area contributed by atoms with Gasteiger partial charge in [0.25, 0.3) is 0 Å². The molecule has 0 amide bonds. The van der Waals surface area contributed by atoms with Crippen molar-refractivity contribution < 1.29 is 4.52 Å². The van der Waals surface area contributed by atoms with E-state index in [1.807, 2.05) is 24.3 Å². The lowest BCUT2D eigenvalue weighted by Gasteiger charge is -2.27. The zero-order chi connectivity index (χ0) is 19.7. The minimum atomic E-state index is 0.497. The SMILES string of the molecule is CC(C)C(C)N1Cc2cccc(NCc3nc(-c4ccc(Cl)cc4)no3)c2C1. The first-order valence-corrected chi connectivity index (χ1v) is 10.1. The van der Waals surface area contributed by atoms with Crippen LogP contribution in [0.25, 0.3) is 11.4 Å². The van der Waals surface area contributed by atoms with Gasteiger partial charge in [0.15, 0.2) is 0 Å². The summed E-state index contributed by atoms with van der Waals surface area (Å²) in [7, 11) is 0. The molecule has 1 N–H and O–H groups in total. The molecule has 0 radical (unpaired) electrons. The molecule has 0 spiro atoms. The second kappa shape index (κ2) is 7.94. The average Bonchev–Trinajstić information content (AvgIpc) is 3.33. The molecule has 0 bridgehead atoms. The fourth-order valence-corrected chi connectivity index (χ4v) is 3.66. The van der Waals surface area contributed by atoms with Crippen LogP contribution in [0.2, 0.25) is 5.02 Å². The van der Waals surface area contributed by atoms with Gasteiger partial charge in [-0.15, -0.1) is 0 Å². The molecule has 2 heterocycles. The Morgan fingerprint density at radius 1 is 1.11 bits per heavy atom. The maximum Gasteiger partial charge on any atom is 0.246 e. The monoisotopic (exact) mass is 396 g/mol.